The Morgan fingerprint density at radius 1 is 0.362 bits per heavy atom. The molecule has 10 N–H and O–H groups in total. The Morgan fingerprint density at radius 2 is 0.698 bits per heavy atom. The third-order valence-electron chi connectivity index (χ3n) is 22.8. The van der Waals surface area contributed by atoms with E-state index in [1.54, 1.807) is 0 Å². The molecule has 0 aromatic heterocycles. The van der Waals surface area contributed by atoms with Crippen molar-refractivity contribution in [2.75, 3.05) is 26.4 Å². The van der Waals surface area contributed by atoms with Crippen LogP contribution in [0.2, 0.25) is 0 Å². The fourth-order valence-electron chi connectivity index (χ4n) is 15.3. The Hall–Kier alpha value is -3.05. The summed E-state index contributed by atoms with van der Waals surface area (Å²) in [6.45, 7) is 7.89. The predicted octanol–water partition coefficient (Wildman–Crippen LogP) is 16.8. The fraction of sp³-hybridized carbons (Fsp3) is 0.911. The number of aliphatic hydroxyl groups is 9. The van der Waals surface area contributed by atoms with Crippen molar-refractivity contribution >= 4 is 31.7 Å². The molecule has 2 heterocycles. The van der Waals surface area contributed by atoms with Crippen LogP contribution in [0.1, 0.15) is 388 Å². The Bertz CT molecular complexity index is 2530. The highest BCUT2D eigenvalue weighted by Crippen LogP contribution is 2.49. The number of carbonyl (C=O) groups is 4. The topological polar surface area (TPSA) is 380 Å². The van der Waals surface area contributed by atoms with Crippen LogP contribution in [0.3, 0.4) is 0 Å². The molecule has 0 radical (unpaired) electrons. The van der Waals surface area contributed by atoms with E-state index < -0.39 is 162 Å². The summed E-state index contributed by atoms with van der Waals surface area (Å²) in [6.07, 6.45) is 26.2. The number of hydrogen-bond acceptors (Lipinski definition) is 24. The minimum absolute atomic E-state index is 0.00776. The van der Waals surface area contributed by atoms with E-state index in [-0.39, 0.29) is 32.1 Å². The smallest absolute Gasteiger partial charge is 0.463 e. The van der Waals surface area contributed by atoms with Crippen LogP contribution < -0.4 is 0 Å². The minimum atomic E-state index is -5.81. The first-order valence-corrected chi connectivity index (χ1v) is 48.0. The number of allylic oxidation sites excluding steroid dienone is 4. The summed E-state index contributed by atoms with van der Waals surface area (Å²) in [5.74, 6) is -2.30. The molecule has 0 spiro atoms. The molecule has 0 amide bonds. The van der Waals surface area contributed by atoms with Gasteiger partial charge < -0.3 is 88.7 Å². The average molecular weight is 1680 g/mol. The van der Waals surface area contributed by atoms with Crippen LogP contribution in [-0.4, -0.2) is 205 Å². The molecule has 680 valence electrons. The zero-order valence-corrected chi connectivity index (χ0v) is 73.4. The van der Waals surface area contributed by atoms with Gasteiger partial charge in [-0.05, 0) is 83.0 Å². The number of phosphoric ester groups is 1. The van der Waals surface area contributed by atoms with Crippen molar-refractivity contribution in [1.29, 1.82) is 0 Å². The van der Waals surface area contributed by atoms with Crippen molar-refractivity contribution in [2.45, 2.75) is 492 Å². The summed E-state index contributed by atoms with van der Waals surface area (Å²) in [5.41, 5.74) is 0. The average Bonchev–Trinajstić information content (AvgIpc) is 0.754. The van der Waals surface area contributed by atoms with Crippen molar-refractivity contribution in [3.63, 3.8) is 0 Å². The highest BCUT2D eigenvalue weighted by atomic mass is 31.2. The molecule has 2 saturated heterocycles. The third kappa shape index (κ3) is 48.7. The first-order valence-electron chi connectivity index (χ1n) is 46.5. The van der Waals surface area contributed by atoms with E-state index in [0.29, 0.717) is 38.0 Å². The van der Waals surface area contributed by atoms with E-state index in [1.165, 1.54) is 148 Å². The maximum absolute atomic E-state index is 14.9. The number of esters is 4. The molecule has 2 aliphatic heterocycles. The van der Waals surface area contributed by atoms with Gasteiger partial charge in [0.25, 0.3) is 0 Å². The van der Waals surface area contributed by atoms with Gasteiger partial charge in [-0.2, -0.15) is 0 Å². The van der Waals surface area contributed by atoms with Crippen LogP contribution in [0.5, 0.6) is 0 Å². The first kappa shape index (κ1) is 107. The predicted molar refractivity (Wildman–Crippen MR) is 449 cm³/mol. The molecule has 1 aliphatic carbocycles. The van der Waals surface area contributed by atoms with Crippen LogP contribution in [0.15, 0.2) is 24.3 Å². The molecular weight excluding hydrogens is 1510 g/mol. The molecular formula is C90H165O25P. The van der Waals surface area contributed by atoms with Crippen molar-refractivity contribution in [3.8, 4) is 0 Å². The highest BCUT2D eigenvalue weighted by molar-refractivity contribution is 7.47. The van der Waals surface area contributed by atoms with E-state index in [0.717, 1.165) is 141 Å². The van der Waals surface area contributed by atoms with E-state index in [1.807, 2.05) is 0 Å². The lowest BCUT2D eigenvalue weighted by Gasteiger charge is -2.50. The van der Waals surface area contributed by atoms with E-state index in [4.69, 9.17) is 46.9 Å². The van der Waals surface area contributed by atoms with Gasteiger partial charge in [-0.3, -0.25) is 28.2 Å². The summed E-state index contributed by atoms with van der Waals surface area (Å²) in [4.78, 5) is 66.4. The molecule has 3 fully saturated rings. The van der Waals surface area contributed by atoms with Crippen LogP contribution in [-0.2, 0) is 70.7 Å². The number of ether oxygens (including phenoxy) is 8. The SMILES string of the molecule is CCCCCC/C=C\CCCCCCCCCC(=O)OCC1OC(OC2C(OC(=O)CCCCC/C=C\CCCCCCCC)C(O)C(O)C(OC3OC(CO)C(O)C(O)C3O)C2OP(=O)(O)OCC(COC(=O)CCCCCCCCC(C)CCCCCCCC)OC(=O)CCCCCCCCCCCCCCC)C(O)C(O)C1O. The second kappa shape index (κ2) is 68.4. The Morgan fingerprint density at radius 3 is 1.13 bits per heavy atom. The third-order valence-corrected chi connectivity index (χ3v) is 23.8. The molecule has 0 bridgehead atoms. The van der Waals surface area contributed by atoms with E-state index in [2.05, 4.69) is 58.9 Å². The summed E-state index contributed by atoms with van der Waals surface area (Å²) >= 11 is 0. The van der Waals surface area contributed by atoms with Crippen LogP contribution in [0.4, 0.5) is 0 Å². The van der Waals surface area contributed by atoms with Crippen molar-refractivity contribution in [3.05, 3.63) is 24.3 Å². The molecule has 19 atom stereocenters. The zero-order valence-electron chi connectivity index (χ0n) is 72.5. The van der Waals surface area contributed by atoms with Crippen molar-refractivity contribution < 1.29 is 122 Å². The van der Waals surface area contributed by atoms with Gasteiger partial charge in [0.2, 0.25) is 0 Å². The second-order valence-corrected chi connectivity index (χ2v) is 34.8. The summed E-state index contributed by atoms with van der Waals surface area (Å²) in [5, 5.41) is 102. The molecule has 0 aromatic rings. The second-order valence-electron chi connectivity index (χ2n) is 33.4. The maximum Gasteiger partial charge on any atom is 0.472 e. The lowest BCUT2D eigenvalue weighted by molar-refractivity contribution is -0.360. The van der Waals surface area contributed by atoms with Gasteiger partial charge in [0.1, 0.15) is 92.6 Å². The maximum atomic E-state index is 14.9. The molecule has 3 rings (SSSR count). The Labute approximate surface area is 698 Å². The number of hydrogen-bond donors (Lipinski definition) is 10. The Balaban J connectivity index is 1.93. The zero-order chi connectivity index (χ0) is 84.8. The molecule has 25 nitrogen and oxygen atoms in total. The van der Waals surface area contributed by atoms with Gasteiger partial charge in [-0.25, -0.2) is 4.57 Å². The van der Waals surface area contributed by atoms with E-state index >= 15 is 0 Å². The van der Waals surface area contributed by atoms with Crippen LogP contribution in [0, 0.1) is 5.92 Å². The number of unbranched alkanes of at least 4 members (excludes halogenated alkanes) is 42. The lowest BCUT2D eigenvalue weighted by atomic mass is 9.84. The first-order chi connectivity index (χ1) is 56.1. The van der Waals surface area contributed by atoms with Gasteiger partial charge in [0, 0.05) is 25.7 Å². The van der Waals surface area contributed by atoms with Crippen LogP contribution in [0.25, 0.3) is 0 Å². The van der Waals surface area contributed by atoms with Gasteiger partial charge in [-0.1, -0.05) is 309 Å². The molecule has 0 aromatic carbocycles. The highest BCUT2D eigenvalue weighted by Gasteiger charge is 2.60. The van der Waals surface area contributed by atoms with Gasteiger partial charge >= 0.3 is 31.7 Å². The summed E-state index contributed by atoms with van der Waals surface area (Å²) in [7, 11) is -5.81. The standard InChI is InChI=1S/C90H165O25P/c1-6-10-14-18-22-25-28-31-32-35-36-39-42-49-56-62-74(93)107-68-72-78(97)80(99)84(103)90(111-72)114-87-85(112-76(95)64-58-52-44-41-38-34-30-27-24-20-16-12-8-3)81(100)82(101)86(113-89-83(102)79(98)77(96)71(65-91)110-89)88(87)115-116(104,105)108-67-70(109-75(94)63-57-51-43-40-37-33-29-26-23-19-15-11-7-2)66-106-73(92)61-55-50-46-45-48-54-60-69(5)59-53-47-21-17-13-9-4/h25,28,34,38,69-72,77-91,96-103H,6-24,26-27,29-33,35-37,39-68H2,1-5H3,(H,104,105)/b28-25-,38-34-. The number of carbonyl (C=O) groups excluding carboxylic acids is 4. The quantitative estimate of drug-likeness (QED) is 0.00889. The Kier molecular flexibility index (Phi) is 63.2. The van der Waals surface area contributed by atoms with E-state index in [9.17, 15) is 74.6 Å². The van der Waals surface area contributed by atoms with Gasteiger partial charge in [-0.15, -0.1) is 0 Å². The van der Waals surface area contributed by atoms with Gasteiger partial charge in [0.05, 0.1) is 13.2 Å². The summed E-state index contributed by atoms with van der Waals surface area (Å²) < 4.78 is 73.4. The van der Waals surface area contributed by atoms with Crippen molar-refractivity contribution in [1.82, 2.24) is 0 Å². The largest absolute Gasteiger partial charge is 0.472 e. The number of rotatable bonds is 74. The van der Waals surface area contributed by atoms with Gasteiger partial charge in [0.15, 0.2) is 24.8 Å². The fourth-order valence-corrected chi connectivity index (χ4v) is 16.3. The molecule has 19 unspecified atom stereocenters. The monoisotopic (exact) mass is 1680 g/mol. The molecule has 116 heavy (non-hydrogen) atoms. The molecule has 26 heteroatoms. The summed E-state index contributed by atoms with van der Waals surface area (Å²) in [6, 6.07) is 0. The minimum Gasteiger partial charge on any atom is -0.463 e. The molecule has 3 aliphatic rings. The normalized spacial score (nSPS) is 25.5. The molecule has 1 saturated carbocycles. The number of aliphatic hydroxyl groups excluding tert-OH is 9. The number of phosphoric acid groups is 1. The van der Waals surface area contributed by atoms with Crippen LogP contribution >= 0.6 is 7.82 Å². The van der Waals surface area contributed by atoms with Crippen molar-refractivity contribution in [2.24, 2.45) is 5.92 Å². The lowest BCUT2D eigenvalue weighted by Crippen LogP contribution is -2.70.